The maximum atomic E-state index is 12.2. The van der Waals surface area contributed by atoms with E-state index in [1.807, 2.05) is 30.3 Å². The number of hydrogen-bond acceptors (Lipinski definition) is 3. The van der Waals surface area contributed by atoms with Crippen LogP contribution in [0.15, 0.2) is 30.3 Å². The van der Waals surface area contributed by atoms with E-state index >= 15 is 0 Å². The molecule has 18 heavy (non-hydrogen) atoms. The van der Waals surface area contributed by atoms with Gasteiger partial charge in [0.25, 0.3) is 0 Å². The van der Waals surface area contributed by atoms with E-state index in [-0.39, 0.29) is 11.8 Å². The molecule has 0 N–H and O–H groups in total. The van der Waals surface area contributed by atoms with Crippen LogP contribution in [0.3, 0.4) is 0 Å². The molecule has 0 aromatic heterocycles. The lowest BCUT2D eigenvalue weighted by atomic mass is 9.74. The van der Waals surface area contributed by atoms with Crippen LogP contribution < -0.4 is 0 Å². The van der Waals surface area contributed by atoms with Gasteiger partial charge in [0.05, 0.1) is 12.5 Å². The summed E-state index contributed by atoms with van der Waals surface area (Å²) in [5.41, 5.74) is 0.575. The Labute approximate surface area is 107 Å². The molecular weight excluding hydrogens is 228 g/mol. The number of ether oxygens (including phenoxy) is 1. The Morgan fingerprint density at radius 3 is 2.61 bits per heavy atom. The molecule has 1 aromatic carbocycles. The van der Waals surface area contributed by atoms with Crippen LogP contribution in [0, 0.1) is 0 Å². The first kappa shape index (κ1) is 12.8. The molecule has 1 aromatic rings. The van der Waals surface area contributed by atoms with Crippen LogP contribution in [-0.4, -0.2) is 18.9 Å². The number of carbonyl (C=O) groups is 2. The van der Waals surface area contributed by atoms with E-state index in [2.05, 4.69) is 4.74 Å². The molecule has 0 spiro atoms. The van der Waals surface area contributed by atoms with Crippen molar-refractivity contribution in [2.75, 3.05) is 7.11 Å². The molecule has 0 radical (unpaired) electrons. The van der Waals surface area contributed by atoms with Gasteiger partial charge in [-0.3, -0.25) is 9.59 Å². The molecule has 2 rings (SSSR count). The fourth-order valence-corrected chi connectivity index (χ4v) is 2.82. The van der Waals surface area contributed by atoms with Crippen molar-refractivity contribution in [3.05, 3.63) is 35.9 Å². The third-order valence-corrected chi connectivity index (χ3v) is 3.85. The zero-order chi connectivity index (χ0) is 13.0. The SMILES string of the molecule is COC(=O)CC[C@]1(c2ccccc2)CCCC1=O. The first-order valence-corrected chi connectivity index (χ1v) is 6.35. The Bertz CT molecular complexity index is 438. The molecule has 0 amide bonds. The number of ketones is 1. The predicted molar refractivity (Wildman–Crippen MR) is 68.2 cm³/mol. The normalized spacial score (nSPS) is 23.1. The zero-order valence-corrected chi connectivity index (χ0v) is 10.6. The summed E-state index contributed by atoms with van der Waals surface area (Å²) in [6.45, 7) is 0. The highest BCUT2D eigenvalue weighted by Crippen LogP contribution is 2.41. The number of Topliss-reactive ketones (excluding diaryl/α,β-unsaturated/α-hetero) is 1. The Hall–Kier alpha value is -1.64. The molecule has 1 aliphatic rings. The summed E-state index contributed by atoms with van der Waals surface area (Å²) in [5.74, 6) is 0.0163. The second-order valence-electron chi connectivity index (χ2n) is 4.80. The summed E-state index contributed by atoms with van der Waals surface area (Å²) in [6.07, 6.45) is 3.23. The monoisotopic (exact) mass is 246 g/mol. The average molecular weight is 246 g/mol. The van der Waals surface area contributed by atoms with Crippen molar-refractivity contribution in [1.29, 1.82) is 0 Å². The topological polar surface area (TPSA) is 43.4 Å². The van der Waals surface area contributed by atoms with Crippen molar-refractivity contribution in [1.82, 2.24) is 0 Å². The van der Waals surface area contributed by atoms with Gasteiger partial charge in [0.2, 0.25) is 0 Å². The molecule has 0 heterocycles. The van der Waals surface area contributed by atoms with Gasteiger partial charge in [-0.05, 0) is 24.8 Å². The highest BCUT2D eigenvalue weighted by Gasteiger charge is 2.43. The lowest BCUT2D eigenvalue weighted by molar-refractivity contribution is -0.141. The van der Waals surface area contributed by atoms with Crippen molar-refractivity contribution in [3.8, 4) is 0 Å². The number of hydrogen-bond donors (Lipinski definition) is 0. The summed E-state index contributed by atoms with van der Waals surface area (Å²) < 4.78 is 4.68. The lowest BCUT2D eigenvalue weighted by Gasteiger charge is -2.27. The second kappa shape index (κ2) is 5.34. The van der Waals surface area contributed by atoms with Crippen molar-refractivity contribution >= 4 is 11.8 Å². The summed E-state index contributed by atoms with van der Waals surface area (Å²) in [4.78, 5) is 23.6. The molecule has 0 bridgehead atoms. The molecular formula is C15H18O3. The van der Waals surface area contributed by atoms with Crippen LogP contribution in [0.25, 0.3) is 0 Å². The summed E-state index contributed by atoms with van der Waals surface area (Å²) in [5, 5.41) is 0. The smallest absolute Gasteiger partial charge is 0.305 e. The van der Waals surface area contributed by atoms with Gasteiger partial charge in [0, 0.05) is 12.8 Å². The molecule has 0 aliphatic heterocycles. The van der Waals surface area contributed by atoms with E-state index in [1.54, 1.807) is 0 Å². The molecule has 96 valence electrons. The first-order chi connectivity index (χ1) is 8.69. The standard InChI is InChI=1S/C15H18O3/c1-18-14(17)9-11-15(10-5-8-13(15)16)12-6-3-2-4-7-12/h2-4,6-7H,5,8-11H2,1H3/t15-/m0/s1. The van der Waals surface area contributed by atoms with Gasteiger partial charge in [0.15, 0.2) is 0 Å². The fraction of sp³-hybridized carbons (Fsp3) is 0.467. The van der Waals surface area contributed by atoms with Gasteiger partial charge in [-0.25, -0.2) is 0 Å². The van der Waals surface area contributed by atoms with Crippen LogP contribution in [0.2, 0.25) is 0 Å². The van der Waals surface area contributed by atoms with E-state index in [4.69, 9.17) is 0 Å². The summed E-state index contributed by atoms with van der Waals surface area (Å²) in [6, 6.07) is 9.81. The number of rotatable bonds is 4. The Kier molecular flexibility index (Phi) is 3.80. The molecule has 0 saturated heterocycles. The van der Waals surface area contributed by atoms with Gasteiger partial charge in [-0.2, -0.15) is 0 Å². The molecule has 0 unspecified atom stereocenters. The van der Waals surface area contributed by atoms with Gasteiger partial charge < -0.3 is 4.74 Å². The minimum atomic E-state index is -0.463. The maximum Gasteiger partial charge on any atom is 0.305 e. The largest absolute Gasteiger partial charge is 0.469 e. The summed E-state index contributed by atoms with van der Waals surface area (Å²) in [7, 11) is 1.38. The fourth-order valence-electron chi connectivity index (χ4n) is 2.82. The van der Waals surface area contributed by atoms with Crippen LogP contribution in [0.5, 0.6) is 0 Å². The molecule has 3 heteroatoms. The predicted octanol–water partition coefficient (Wildman–Crippen LogP) is 2.63. The Balaban J connectivity index is 2.25. The van der Waals surface area contributed by atoms with E-state index in [9.17, 15) is 9.59 Å². The minimum Gasteiger partial charge on any atom is -0.469 e. The van der Waals surface area contributed by atoms with Gasteiger partial charge in [-0.15, -0.1) is 0 Å². The van der Waals surface area contributed by atoms with E-state index in [0.29, 0.717) is 19.3 Å². The van der Waals surface area contributed by atoms with Crippen LogP contribution >= 0.6 is 0 Å². The first-order valence-electron chi connectivity index (χ1n) is 6.35. The Morgan fingerprint density at radius 1 is 1.33 bits per heavy atom. The minimum absolute atomic E-state index is 0.245. The van der Waals surface area contributed by atoms with Crippen molar-refractivity contribution < 1.29 is 14.3 Å². The van der Waals surface area contributed by atoms with Gasteiger partial charge in [-0.1, -0.05) is 30.3 Å². The highest BCUT2D eigenvalue weighted by atomic mass is 16.5. The van der Waals surface area contributed by atoms with Gasteiger partial charge >= 0.3 is 5.97 Å². The summed E-state index contributed by atoms with van der Waals surface area (Å²) >= 11 is 0. The third kappa shape index (κ3) is 2.30. The van der Waals surface area contributed by atoms with Gasteiger partial charge in [0.1, 0.15) is 5.78 Å². The van der Waals surface area contributed by atoms with E-state index < -0.39 is 5.41 Å². The number of benzene rings is 1. The number of carbonyl (C=O) groups excluding carboxylic acids is 2. The van der Waals surface area contributed by atoms with Crippen LogP contribution in [0.4, 0.5) is 0 Å². The van der Waals surface area contributed by atoms with E-state index in [0.717, 1.165) is 18.4 Å². The van der Waals surface area contributed by atoms with E-state index in [1.165, 1.54) is 7.11 Å². The lowest BCUT2D eigenvalue weighted by Crippen LogP contribution is -2.31. The molecule has 1 aliphatic carbocycles. The van der Waals surface area contributed by atoms with Crippen LogP contribution in [-0.2, 0) is 19.7 Å². The molecule has 1 fully saturated rings. The number of esters is 1. The highest BCUT2D eigenvalue weighted by molar-refractivity contribution is 5.92. The average Bonchev–Trinajstić information content (AvgIpc) is 2.79. The van der Waals surface area contributed by atoms with Crippen molar-refractivity contribution in [2.45, 2.75) is 37.5 Å². The van der Waals surface area contributed by atoms with Crippen LogP contribution in [0.1, 0.15) is 37.7 Å². The zero-order valence-electron chi connectivity index (χ0n) is 10.6. The van der Waals surface area contributed by atoms with Crippen molar-refractivity contribution in [2.24, 2.45) is 0 Å². The molecule has 3 nitrogen and oxygen atoms in total. The quantitative estimate of drug-likeness (QED) is 0.767. The number of methoxy groups -OCH3 is 1. The maximum absolute atomic E-state index is 12.2. The Morgan fingerprint density at radius 2 is 2.06 bits per heavy atom. The third-order valence-electron chi connectivity index (χ3n) is 3.85. The molecule has 1 atom stereocenters. The second-order valence-corrected chi connectivity index (χ2v) is 4.80. The molecule has 1 saturated carbocycles. The van der Waals surface area contributed by atoms with Crippen molar-refractivity contribution in [3.63, 3.8) is 0 Å².